The minimum atomic E-state index is -0.607. The lowest BCUT2D eigenvalue weighted by Gasteiger charge is -2.26. The second-order valence-electron chi connectivity index (χ2n) is 7.70. The van der Waals surface area contributed by atoms with Gasteiger partial charge in [-0.05, 0) is 37.5 Å². The Morgan fingerprint density at radius 1 is 0.963 bits per heavy atom. The standard InChI is InChI=1S/C23H24O4/c1-15(24)26-14-17-9-7-11-20-18(17)13-12-16-8-5-6-10-19(16)21(20)27-22(25)23(2,3)4/h5-13,21H,14H2,1-4H3. The van der Waals surface area contributed by atoms with E-state index in [4.69, 9.17) is 9.47 Å². The molecule has 0 fully saturated rings. The monoisotopic (exact) mass is 364 g/mol. The highest BCUT2D eigenvalue weighted by Crippen LogP contribution is 2.38. The van der Waals surface area contributed by atoms with Crippen LogP contribution in [0.1, 0.15) is 61.6 Å². The van der Waals surface area contributed by atoms with E-state index in [1.54, 1.807) is 0 Å². The summed E-state index contributed by atoms with van der Waals surface area (Å²) in [4.78, 5) is 23.9. The zero-order valence-electron chi connectivity index (χ0n) is 16.1. The number of carbonyl (C=O) groups excluding carboxylic acids is 2. The second-order valence-corrected chi connectivity index (χ2v) is 7.70. The largest absolute Gasteiger partial charge is 0.461 e. The number of fused-ring (bicyclic) bond motifs is 2. The van der Waals surface area contributed by atoms with Gasteiger partial charge in [0.25, 0.3) is 0 Å². The molecule has 1 aliphatic rings. The summed E-state index contributed by atoms with van der Waals surface area (Å²) in [6, 6.07) is 13.7. The highest BCUT2D eigenvalue weighted by atomic mass is 16.5. The summed E-state index contributed by atoms with van der Waals surface area (Å²) < 4.78 is 11.2. The first-order valence-corrected chi connectivity index (χ1v) is 9.00. The summed E-state index contributed by atoms with van der Waals surface area (Å²) >= 11 is 0. The molecule has 0 radical (unpaired) electrons. The number of rotatable bonds is 3. The van der Waals surface area contributed by atoms with Gasteiger partial charge in [-0.25, -0.2) is 0 Å². The molecule has 27 heavy (non-hydrogen) atoms. The van der Waals surface area contributed by atoms with E-state index >= 15 is 0 Å². The van der Waals surface area contributed by atoms with Gasteiger partial charge >= 0.3 is 11.9 Å². The molecule has 2 aromatic carbocycles. The SMILES string of the molecule is CC(=O)OCc1cccc2c1C=Cc1ccccc1C2OC(=O)C(C)(C)C. The van der Waals surface area contributed by atoms with Crippen LogP contribution in [0.2, 0.25) is 0 Å². The third-order valence-corrected chi connectivity index (χ3v) is 4.49. The Balaban J connectivity index is 2.10. The molecule has 0 aliphatic heterocycles. The van der Waals surface area contributed by atoms with Crippen LogP contribution in [0, 0.1) is 5.41 Å². The summed E-state index contributed by atoms with van der Waals surface area (Å²) in [5, 5.41) is 0. The summed E-state index contributed by atoms with van der Waals surface area (Å²) in [6.45, 7) is 7.09. The Bertz CT molecular complexity index is 903. The number of benzene rings is 2. The molecular weight excluding hydrogens is 340 g/mol. The van der Waals surface area contributed by atoms with Crippen molar-refractivity contribution in [2.24, 2.45) is 5.41 Å². The van der Waals surface area contributed by atoms with Crippen molar-refractivity contribution < 1.29 is 19.1 Å². The normalized spacial score (nSPS) is 15.3. The van der Waals surface area contributed by atoms with E-state index in [9.17, 15) is 9.59 Å². The van der Waals surface area contributed by atoms with Crippen LogP contribution >= 0.6 is 0 Å². The van der Waals surface area contributed by atoms with Gasteiger partial charge in [-0.2, -0.15) is 0 Å². The minimum absolute atomic E-state index is 0.180. The Kier molecular flexibility index (Phi) is 5.17. The fourth-order valence-corrected chi connectivity index (χ4v) is 3.02. The molecule has 0 saturated carbocycles. The van der Waals surface area contributed by atoms with E-state index in [0.29, 0.717) is 0 Å². The van der Waals surface area contributed by atoms with E-state index in [1.807, 2.05) is 75.4 Å². The van der Waals surface area contributed by atoms with Crippen LogP contribution < -0.4 is 0 Å². The number of carbonyl (C=O) groups is 2. The average molecular weight is 364 g/mol. The molecule has 0 saturated heterocycles. The van der Waals surface area contributed by atoms with Crippen LogP contribution in [-0.4, -0.2) is 11.9 Å². The van der Waals surface area contributed by atoms with Gasteiger partial charge in [-0.1, -0.05) is 54.6 Å². The molecule has 2 aromatic rings. The first-order valence-electron chi connectivity index (χ1n) is 9.00. The molecule has 0 N–H and O–H groups in total. The second kappa shape index (κ2) is 7.39. The van der Waals surface area contributed by atoms with Crippen LogP contribution in [0.25, 0.3) is 12.2 Å². The van der Waals surface area contributed by atoms with Crippen molar-refractivity contribution in [1.29, 1.82) is 0 Å². The maximum Gasteiger partial charge on any atom is 0.312 e. The van der Waals surface area contributed by atoms with E-state index in [-0.39, 0.29) is 18.5 Å². The summed E-state index contributed by atoms with van der Waals surface area (Å²) in [5.74, 6) is -0.593. The lowest BCUT2D eigenvalue weighted by Crippen LogP contribution is -2.26. The molecule has 4 heteroatoms. The van der Waals surface area contributed by atoms with Gasteiger partial charge in [0.1, 0.15) is 6.61 Å². The number of esters is 2. The number of hydrogen-bond acceptors (Lipinski definition) is 4. The van der Waals surface area contributed by atoms with Gasteiger partial charge in [0.05, 0.1) is 5.41 Å². The van der Waals surface area contributed by atoms with Crippen molar-refractivity contribution in [1.82, 2.24) is 0 Å². The molecular formula is C23H24O4. The molecule has 0 bridgehead atoms. The highest BCUT2D eigenvalue weighted by molar-refractivity contribution is 5.80. The molecule has 0 aromatic heterocycles. The molecule has 0 amide bonds. The van der Waals surface area contributed by atoms with Gasteiger partial charge in [-0.15, -0.1) is 0 Å². The Labute approximate surface area is 159 Å². The lowest BCUT2D eigenvalue weighted by molar-refractivity contribution is -0.157. The van der Waals surface area contributed by atoms with Crippen LogP contribution in [0.5, 0.6) is 0 Å². The third-order valence-electron chi connectivity index (χ3n) is 4.49. The first kappa shape index (κ1) is 18.9. The zero-order chi connectivity index (χ0) is 19.6. The molecule has 1 atom stereocenters. The molecule has 1 unspecified atom stereocenters. The molecule has 0 heterocycles. The Morgan fingerprint density at radius 2 is 1.67 bits per heavy atom. The van der Waals surface area contributed by atoms with Gasteiger partial charge in [0, 0.05) is 18.1 Å². The zero-order valence-corrected chi connectivity index (χ0v) is 16.1. The summed E-state index contributed by atoms with van der Waals surface area (Å²) in [6.07, 6.45) is 3.49. The van der Waals surface area contributed by atoms with Crippen molar-refractivity contribution in [3.8, 4) is 0 Å². The third kappa shape index (κ3) is 4.11. The highest BCUT2D eigenvalue weighted by Gasteiger charge is 2.31. The van der Waals surface area contributed by atoms with Crippen LogP contribution in [0.3, 0.4) is 0 Å². The molecule has 1 aliphatic carbocycles. The smallest absolute Gasteiger partial charge is 0.312 e. The average Bonchev–Trinajstić information content (AvgIpc) is 2.77. The van der Waals surface area contributed by atoms with E-state index in [0.717, 1.165) is 27.8 Å². The van der Waals surface area contributed by atoms with Crippen LogP contribution in [-0.2, 0) is 25.7 Å². The van der Waals surface area contributed by atoms with E-state index < -0.39 is 11.5 Å². The molecule has 3 rings (SSSR count). The first-order chi connectivity index (χ1) is 12.8. The van der Waals surface area contributed by atoms with Gasteiger partial charge < -0.3 is 9.47 Å². The summed E-state index contributed by atoms with van der Waals surface area (Å²) in [7, 11) is 0. The van der Waals surface area contributed by atoms with Crippen molar-refractivity contribution in [2.45, 2.75) is 40.4 Å². The Hall–Kier alpha value is -2.88. The van der Waals surface area contributed by atoms with E-state index in [2.05, 4.69) is 0 Å². The summed E-state index contributed by atoms with van der Waals surface area (Å²) in [5.41, 5.74) is 4.02. The van der Waals surface area contributed by atoms with Crippen LogP contribution in [0.4, 0.5) is 0 Å². The Morgan fingerprint density at radius 3 is 2.37 bits per heavy atom. The van der Waals surface area contributed by atoms with Crippen molar-refractivity contribution >= 4 is 24.1 Å². The van der Waals surface area contributed by atoms with Crippen molar-refractivity contribution in [3.05, 3.63) is 70.3 Å². The van der Waals surface area contributed by atoms with Crippen LogP contribution in [0.15, 0.2) is 42.5 Å². The predicted octanol–water partition coefficient (Wildman–Crippen LogP) is 4.91. The van der Waals surface area contributed by atoms with E-state index in [1.165, 1.54) is 6.92 Å². The minimum Gasteiger partial charge on any atom is -0.461 e. The van der Waals surface area contributed by atoms with Gasteiger partial charge in [0.2, 0.25) is 0 Å². The predicted molar refractivity (Wildman–Crippen MR) is 105 cm³/mol. The quantitative estimate of drug-likeness (QED) is 0.726. The molecule has 4 nitrogen and oxygen atoms in total. The number of hydrogen-bond donors (Lipinski definition) is 0. The lowest BCUT2D eigenvalue weighted by atomic mass is 9.93. The maximum absolute atomic E-state index is 12.7. The number of ether oxygens (including phenoxy) is 2. The maximum atomic E-state index is 12.7. The fourth-order valence-electron chi connectivity index (χ4n) is 3.02. The van der Waals surface area contributed by atoms with Gasteiger partial charge in [-0.3, -0.25) is 9.59 Å². The molecule has 0 spiro atoms. The topological polar surface area (TPSA) is 52.6 Å². The van der Waals surface area contributed by atoms with Crippen molar-refractivity contribution in [2.75, 3.05) is 0 Å². The molecule has 140 valence electrons. The van der Waals surface area contributed by atoms with Crippen molar-refractivity contribution in [3.63, 3.8) is 0 Å². The van der Waals surface area contributed by atoms with Gasteiger partial charge in [0.15, 0.2) is 6.10 Å². The fraction of sp³-hybridized carbons (Fsp3) is 0.304.